The molecule has 0 aliphatic carbocycles. The van der Waals surface area contributed by atoms with E-state index in [-0.39, 0.29) is 0 Å². The Bertz CT molecular complexity index is 461. The third kappa shape index (κ3) is 2.87. The minimum atomic E-state index is 0.408. The van der Waals surface area contributed by atoms with E-state index in [2.05, 4.69) is 0 Å². The Morgan fingerprint density at radius 2 is 2.27 bits per heavy atom. The predicted molar refractivity (Wildman–Crippen MR) is 63.0 cm³/mol. The highest BCUT2D eigenvalue weighted by atomic mass is 35.5. The second-order valence-electron chi connectivity index (χ2n) is 2.77. The largest absolute Gasteiger partial charge is 0.449 e. The molecule has 0 aliphatic heterocycles. The molecule has 2 aromatic rings. The number of aldehydes is 1. The van der Waals surface area contributed by atoms with Crippen LogP contribution in [-0.4, -0.2) is 6.29 Å². The number of rotatable bonds is 4. The second-order valence-corrected chi connectivity index (χ2v) is 5.53. The van der Waals surface area contributed by atoms with Gasteiger partial charge in [-0.15, -0.1) is 23.1 Å². The summed E-state index contributed by atoms with van der Waals surface area (Å²) in [6.45, 7) is 0. The molecule has 0 atom stereocenters. The van der Waals surface area contributed by atoms with Crippen LogP contribution in [0.25, 0.3) is 0 Å². The summed E-state index contributed by atoms with van der Waals surface area (Å²) in [6.07, 6.45) is 0.860. The zero-order chi connectivity index (χ0) is 10.7. The summed E-state index contributed by atoms with van der Waals surface area (Å²) >= 11 is 8.76. The van der Waals surface area contributed by atoms with Gasteiger partial charge < -0.3 is 4.42 Å². The molecule has 2 rings (SSSR count). The molecule has 78 valence electrons. The van der Waals surface area contributed by atoms with Crippen LogP contribution in [0.5, 0.6) is 0 Å². The van der Waals surface area contributed by atoms with Crippen molar-refractivity contribution < 1.29 is 9.21 Å². The van der Waals surface area contributed by atoms with Crippen LogP contribution >= 0.6 is 34.7 Å². The highest BCUT2D eigenvalue weighted by Gasteiger charge is 2.03. The molecule has 0 spiro atoms. The Labute approximate surface area is 100 Å². The van der Waals surface area contributed by atoms with Gasteiger partial charge in [0.1, 0.15) is 5.76 Å². The van der Waals surface area contributed by atoms with Crippen molar-refractivity contribution in [3.8, 4) is 0 Å². The van der Waals surface area contributed by atoms with E-state index in [0.29, 0.717) is 5.22 Å². The Balaban J connectivity index is 1.95. The first-order chi connectivity index (χ1) is 7.28. The lowest BCUT2D eigenvalue weighted by molar-refractivity contribution is 0.112. The van der Waals surface area contributed by atoms with Gasteiger partial charge in [-0.1, -0.05) is 0 Å². The second kappa shape index (κ2) is 4.88. The van der Waals surface area contributed by atoms with E-state index in [1.165, 1.54) is 11.3 Å². The summed E-state index contributed by atoms with van der Waals surface area (Å²) in [6, 6.07) is 7.32. The summed E-state index contributed by atoms with van der Waals surface area (Å²) in [7, 11) is 0. The third-order valence-electron chi connectivity index (χ3n) is 1.70. The number of hydrogen-bond donors (Lipinski definition) is 0. The highest BCUT2D eigenvalue weighted by Crippen LogP contribution is 2.30. The number of carbonyl (C=O) groups excluding carboxylic acids is 1. The molecule has 5 heteroatoms. The van der Waals surface area contributed by atoms with Crippen LogP contribution < -0.4 is 0 Å². The van der Waals surface area contributed by atoms with Gasteiger partial charge >= 0.3 is 0 Å². The van der Waals surface area contributed by atoms with Crippen molar-refractivity contribution in [3.05, 3.63) is 40.1 Å². The van der Waals surface area contributed by atoms with E-state index in [4.69, 9.17) is 16.0 Å². The molecule has 0 saturated carbocycles. The van der Waals surface area contributed by atoms with Crippen LogP contribution in [-0.2, 0) is 5.75 Å². The van der Waals surface area contributed by atoms with Gasteiger partial charge in [0.2, 0.25) is 0 Å². The SMILES string of the molecule is O=Cc1ccc(SCc2ccc(Cl)o2)s1. The number of halogens is 1. The molecule has 0 unspecified atom stereocenters. The maximum absolute atomic E-state index is 10.5. The third-order valence-corrected chi connectivity index (χ3v) is 4.17. The molecule has 0 saturated heterocycles. The van der Waals surface area contributed by atoms with Gasteiger partial charge in [0.25, 0.3) is 0 Å². The molecule has 0 radical (unpaired) electrons. The molecule has 0 amide bonds. The van der Waals surface area contributed by atoms with Crippen LogP contribution in [0.4, 0.5) is 0 Å². The Kier molecular flexibility index (Phi) is 3.51. The van der Waals surface area contributed by atoms with Gasteiger partial charge in [-0.2, -0.15) is 0 Å². The van der Waals surface area contributed by atoms with Crippen molar-refractivity contribution in [1.29, 1.82) is 0 Å². The van der Waals surface area contributed by atoms with Crippen LogP contribution in [0.3, 0.4) is 0 Å². The van der Waals surface area contributed by atoms with E-state index in [0.717, 1.165) is 26.9 Å². The topological polar surface area (TPSA) is 30.2 Å². The highest BCUT2D eigenvalue weighted by molar-refractivity contribution is 8.00. The molecular weight excluding hydrogens is 252 g/mol. The predicted octanol–water partition coefficient (Wildman–Crippen LogP) is 4.10. The van der Waals surface area contributed by atoms with Crippen LogP contribution in [0.2, 0.25) is 5.22 Å². The molecule has 2 nitrogen and oxygen atoms in total. The average molecular weight is 259 g/mol. The lowest BCUT2D eigenvalue weighted by atomic mass is 10.5. The van der Waals surface area contributed by atoms with E-state index >= 15 is 0 Å². The van der Waals surface area contributed by atoms with Crippen LogP contribution in [0.15, 0.2) is 32.9 Å². The summed E-state index contributed by atoms with van der Waals surface area (Å²) in [5.41, 5.74) is 0. The number of thioether (sulfide) groups is 1. The van der Waals surface area contributed by atoms with Crippen molar-refractivity contribution >= 4 is 41.0 Å². The molecule has 0 aliphatic rings. The summed E-state index contributed by atoms with van der Waals surface area (Å²) in [4.78, 5) is 11.2. The maximum Gasteiger partial charge on any atom is 0.193 e. The van der Waals surface area contributed by atoms with Crippen molar-refractivity contribution in [2.45, 2.75) is 9.96 Å². The molecule has 15 heavy (non-hydrogen) atoms. The first-order valence-electron chi connectivity index (χ1n) is 4.20. The molecule has 0 aromatic carbocycles. The number of thiophene rings is 1. The number of furan rings is 1. The Morgan fingerprint density at radius 3 is 2.87 bits per heavy atom. The average Bonchev–Trinajstić information content (AvgIpc) is 2.83. The van der Waals surface area contributed by atoms with E-state index < -0.39 is 0 Å². The van der Waals surface area contributed by atoms with Gasteiger partial charge in [-0.05, 0) is 35.9 Å². The van der Waals surface area contributed by atoms with Gasteiger partial charge in [-0.25, -0.2) is 0 Å². The molecule has 0 N–H and O–H groups in total. The Hall–Kier alpha value is -0.710. The zero-order valence-corrected chi connectivity index (χ0v) is 9.99. The standard InChI is InChI=1S/C10H7ClO2S2/c11-9-3-1-7(13-9)6-14-10-4-2-8(5-12)15-10/h1-5H,6H2. The quantitative estimate of drug-likeness (QED) is 0.611. The summed E-state index contributed by atoms with van der Waals surface area (Å²) in [5.74, 6) is 1.57. The van der Waals surface area contributed by atoms with E-state index in [1.54, 1.807) is 17.8 Å². The lowest BCUT2D eigenvalue weighted by Gasteiger charge is -1.93. The van der Waals surface area contributed by atoms with Crippen LogP contribution in [0, 0.1) is 0 Å². The smallest absolute Gasteiger partial charge is 0.193 e. The molecule has 0 bridgehead atoms. The number of carbonyl (C=O) groups is 1. The molecule has 0 fully saturated rings. The van der Waals surface area contributed by atoms with Crippen molar-refractivity contribution in [1.82, 2.24) is 0 Å². The minimum Gasteiger partial charge on any atom is -0.449 e. The van der Waals surface area contributed by atoms with Crippen LogP contribution in [0.1, 0.15) is 15.4 Å². The maximum atomic E-state index is 10.5. The minimum absolute atomic E-state index is 0.408. The van der Waals surface area contributed by atoms with Gasteiger partial charge in [0.15, 0.2) is 11.5 Å². The first-order valence-corrected chi connectivity index (χ1v) is 6.38. The molecule has 2 aromatic heterocycles. The van der Waals surface area contributed by atoms with E-state index in [1.807, 2.05) is 18.2 Å². The molecule has 2 heterocycles. The van der Waals surface area contributed by atoms with Gasteiger partial charge in [0.05, 0.1) is 14.8 Å². The van der Waals surface area contributed by atoms with Gasteiger partial charge in [0, 0.05) is 0 Å². The fourth-order valence-corrected chi connectivity index (χ4v) is 3.07. The fourth-order valence-electron chi connectivity index (χ4n) is 1.05. The number of hydrogen-bond acceptors (Lipinski definition) is 4. The Morgan fingerprint density at radius 1 is 1.40 bits per heavy atom. The molecular formula is C10H7ClO2S2. The van der Waals surface area contributed by atoms with Gasteiger partial charge in [-0.3, -0.25) is 4.79 Å². The summed E-state index contributed by atoms with van der Waals surface area (Å²) in [5, 5.41) is 0.408. The first kappa shape index (κ1) is 10.8. The zero-order valence-electron chi connectivity index (χ0n) is 7.60. The normalized spacial score (nSPS) is 10.5. The van der Waals surface area contributed by atoms with Crippen molar-refractivity contribution in [3.63, 3.8) is 0 Å². The van der Waals surface area contributed by atoms with E-state index in [9.17, 15) is 4.79 Å². The summed E-state index contributed by atoms with van der Waals surface area (Å²) < 4.78 is 6.32. The lowest BCUT2D eigenvalue weighted by Crippen LogP contribution is -1.71. The van der Waals surface area contributed by atoms with Crippen molar-refractivity contribution in [2.75, 3.05) is 0 Å². The monoisotopic (exact) mass is 258 g/mol. The fraction of sp³-hybridized carbons (Fsp3) is 0.100. The van der Waals surface area contributed by atoms with Crippen molar-refractivity contribution in [2.24, 2.45) is 0 Å².